The van der Waals surface area contributed by atoms with Gasteiger partial charge in [0.15, 0.2) is 11.5 Å². The Bertz CT molecular complexity index is 1950. The summed E-state index contributed by atoms with van der Waals surface area (Å²) in [4.78, 5) is 32.8. The Morgan fingerprint density at radius 3 is 2.36 bits per heavy atom. The van der Waals surface area contributed by atoms with Gasteiger partial charge in [0.2, 0.25) is 0 Å². The van der Waals surface area contributed by atoms with E-state index < -0.39 is 25.7 Å². The summed E-state index contributed by atoms with van der Waals surface area (Å²) in [5, 5.41) is 10.6. The van der Waals surface area contributed by atoms with Crippen molar-refractivity contribution >= 4 is 31.0 Å². The van der Waals surface area contributed by atoms with Crippen molar-refractivity contribution in [3.05, 3.63) is 83.4 Å². The lowest BCUT2D eigenvalue weighted by Crippen LogP contribution is -2.64. The third-order valence-electron chi connectivity index (χ3n) is 11.8. The topological polar surface area (TPSA) is 129 Å². The number of methoxy groups -OCH3 is 1. The van der Waals surface area contributed by atoms with Crippen molar-refractivity contribution in [3.8, 4) is 11.5 Å². The smallest absolute Gasteiger partial charge is 0.466 e. The van der Waals surface area contributed by atoms with Gasteiger partial charge in [-0.05, 0) is 88.4 Å². The fourth-order valence-corrected chi connectivity index (χ4v) is 10.2. The lowest BCUT2D eigenvalue weighted by atomic mass is 9.53. The van der Waals surface area contributed by atoms with Crippen LogP contribution >= 0.6 is 19.6 Å². The molecule has 5 atom stereocenters. The van der Waals surface area contributed by atoms with Crippen molar-refractivity contribution < 1.29 is 47.0 Å². The molecule has 4 heterocycles. The van der Waals surface area contributed by atoms with Gasteiger partial charge in [0.1, 0.15) is 12.2 Å². The molecule has 298 valence electrons. The monoisotopic (exact) mass is 804 g/mol. The molecular weight excluding hydrogens is 756 g/mol. The Morgan fingerprint density at radius 1 is 0.945 bits per heavy atom. The van der Waals surface area contributed by atoms with Crippen molar-refractivity contribution in [1.82, 2.24) is 14.7 Å². The van der Waals surface area contributed by atoms with E-state index in [-0.39, 0.29) is 11.5 Å². The molecule has 4 N–H and O–H groups in total. The van der Waals surface area contributed by atoms with E-state index in [4.69, 9.17) is 28.7 Å². The lowest BCUT2D eigenvalue weighted by Gasteiger charge is -2.56. The number of phosphoric acid groups is 1. The predicted molar refractivity (Wildman–Crippen MR) is 204 cm³/mol. The zero-order valence-corrected chi connectivity index (χ0v) is 32.7. The fourth-order valence-electron chi connectivity index (χ4n) is 9.16. The number of para-hydroxylation sites is 1. The average Bonchev–Trinajstić information content (AvgIpc) is 3.49. The van der Waals surface area contributed by atoms with Crippen molar-refractivity contribution in [2.24, 2.45) is 5.92 Å². The minimum atomic E-state index is -4.64. The van der Waals surface area contributed by atoms with Gasteiger partial charge in [-0.1, -0.05) is 42.1 Å². The number of rotatable bonds is 5. The number of aliphatic hydroxyl groups is 1. The second-order valence-corrected chi connectivity index (χ2v) is 17.1. The number of hydrogen-bond donors (Lipinski definition) is 4. The van der Waals surface area contributed by atoms with E-state index in [1.165, 1.54) is 23.3 Å². The SMILES string of the molecule is CN1CCN(CCCN2c3ccccc3Sc3ccc(C(F)(F)F)cc32)CC1.COc1ccc2c3c1O[C@H]1[C@@H](O)C=C[C@H]4[C@@H](C2)N(C)CC[C@@]341.O=P(O)(O)O. The summed E-state index contributed by atoms with van der Waals surface area (Å²) >= 11 is 1.54. The van der Waals surface area contributed by atoms with Gasteiger partial charge in [0.05, 0.1) is 24.0 Å². The molecule has 11 nitrogen and oxygen atoms in total. The standard InChI is InChI=1S/C21H24F3N3S.C18H21NO3.H3O4P/c1-25-11-13-26(14-12-25)9-4-10-27-17-5-2-3-6-19(17)28-20-8-7-16(15-18(20)27)21(22,23)24;1-19-8-7-18-11-4-5-13(20)17(18)22-16-14(21-2)6-3-10(15(16)18)9-12(11)19;1-5(2,3)4/h2-3,5-8,15H,4,9-14H2,1H3;3-6,11-13,17,20H,7-9H2,1-2H3;(H3,1,2,3,4)/t;11-,12+,13-,17-,18-;/m.0./s1. The number of nitrogens with zero attached hydrogens (tertiary/aromatic N) is 4. The van der Waals surface area contributed by atoms with Gasteiger partial charge >= 0.3 is 14.0 Å². The Kier molecular flexibility index (Phi) is 11.4. The minimum absolute atomic E-state index is 0.0806. The van der Waals surface area contributed by atoms with Crippen molar-refractivity contribution in [3.63, 3.8) is 0 Å². The molecule has 6 aliphatic rings. The normalized spacial score (nSPS) is 26.7. The molecule has 3 aromatic rings. The Hall–Kier alpha value is -3.11. The van der Waals surface area contributed by atoms with Crippen molar-refractivity contribution in [2.75, 3.05) is 71.9 Å². The predicted octanol–water partition coefficient (Wildman–Crippen LogP) is 5.52. The summed E-state index contributed by atoms with van der Waals surface area (Å²) < 4.78 is 60.5. The number of anilines is 2. The molecule has 4 aliphatic heterocycles. The van der Waals surface area contributed by atoms with Crippen LogP contribution in [0.1, 0.15) is 29.5 Å². The number of benzene rings is 3. The number of likely N-dealkylation sites (N-methyl/N-ethyl adjacent to an activating group) is 2. The number of likely N-dealkylation sites (tertiary alicyclic amines) is 1. The highest BCUT2D eigenvalue weighted by atomic mass is 32.2. The van der Waals surface area contributed by atoms with Crippen LogP contribution in [0.15, 0.2) is 76.5 Å². The Labute approximate surface area is 323 Å². The van der Waals surface area contributed by atoms with Crippen LogP contribution in [0, 0.1) is 5.92 Å². The summed E-state index contributed by atoms with van der Waals surface area (Å²) in [5.41, 5.74) is 3.68. The largest absolute Gasteiger partial charge is 0.493 e. The highest BCUT2D eigenvalue weighted by Crippen LogP contribution is 2.62. The van der Waals surface area contributed by atoms with E-state index in [0.29, 0.717) is 24.2 Å². The van der Waals surface area contributed by atoms with Gasteiger partial charge in [-0.2, -0.15) is 13.2 Å². The molecule has 0 amide bonds. The molecule has 9 rings (SSSR count). The number of ether oxygens (including phenoxy) is 2. The van der Waals surface area contributed by atoms with Crippen molar-refractivity contribution in [2.45, 2.75) is 58.9 Å². The van der Waals surface area contributed by atoms with E-state index in [0.717, 1.165) is 85.5 Å². The molecule has 16 heteroatoms. The number of piperidine rings is 1. The Morgan fingerprint density at radius 2 is 1.65 bits per heavy atom. The van der Waals surface area contributed by atoms with E-state index in [1.807, 2.05) is 36.4 Å². The number of fused-ring (bicyclic) bond motifs is 2. The van der Waals surface area contributed by atoms with Crippen LogP contribution in [0.25, 0.3) is 0 Å². The number of halogens is 3. The molecule has 0 saturated carbocycles. The van der Waals surface area contributed by atoms with Gasteiger partial charge < -0.3 is 48.9 Å². The first-order valence-corrected chi connectivity index (χ1v) is 20.8. The zero-order valence-electron chi connectivity index (χ0n) is 31.0. The van der Waals surface area contributed by atoms with Gasteiger partial charge in [-0.25, -0.2) is 4.57 Å². The molecule has 2 aliphatic carbocycles. The number of hydrogen-bond acceptors (Lipinski definition) is 9. The fraction of sp³-hybridized carbons (Fsp3) is 0.487. The quantitative estimate of drug-likeness (QED) is 0.192. The lowest BCUT2D eigenvalue weighted by molar-refractivity contribution is -0.137. The molecule has 3 aromatic carbocycles. The second kappa shape index (κ2) is 15.7. The first kappa shape index (κ1) is 40.1. The summed E-state index contributed by atoms with van der Waals surface area (Å²) in [5.74, 6) is 2.09. The van der Waals surface area contributed by atoms with E-state index in [9.17, 15) is 18.3 Å². The van der Waals surface area contributed by atoms with Crippen LogP contribution in [0.2, 0.25) is 0 Å². The van der Waals surface area contributed by atoms with Gasteiger partial charge in [0.25, 0.3) is 0 Å². The van der Waals surface area contributed by atoms with Crippen molar-refractivity contribution in [1.29, 1.82) is 0 Å². The van der Waals surface area contributed by atoms with E-state index >= 15 is 0 Å². The molecule has 2 bridgehead atoms. The number of aliphatic hydroxyl groups excluding tert-OH is 1. The zero-order chi connectivity index (χ0) is 39.3. The maximum atomic E-state index is 13.3. The maximum Gasteiger partial charge on any atom is 0.466 e. The highest BCUT2D eigenvalue weighted by molar-refractivity contribution is 7.99. The third-order valence-corrected chi connectivity index (χ3v) is 12.9. The van der Waals surface area contributed by atoms with E-state index in [1.54, 1.807) is 24.9 Å². The number of piperazine rings is 1. The van der Waals surface area contributed by atoms with Crippen LogP contribution in [0.5, 0.6) is 11.5 Å². The van der Waals surface area contributed by atoms with Gasteiger partial charge in [-0.3, -0.25) is 0 Å². The van der Waals surface area contributed by atoms with Crippen LogP contribution in [0.3, 0.4) is 0 Å². The summed E-state index contributed by atoms with van der Waals surface area (Å²) in [6.07, 6.45) is 2.12. The van der Waals surface area contributed by atoms with E-state index in [2.05, 4.69) is 45.8 Å². The average molecular weight is 805 g/mol. The maximum absolute atomic E-state index is 13.3. The molecule has 0 unspecified atom stereocenters. The first-order valence-electron chi connectivity index (χ1n) is 18.5. The number of alkyl halides is 3. The molecule has 2 fully saturated rings. The molecule has 55 heavy (non-hydrogen) atoms. The molecule has 1 spiro atoms. The van der Waals surface area contributed by atoms with Crippen LogP contribution in [-0.4, -0.2) is 120 Å². The first-order chi connectivity index (χ1) is 26.1. The second-order valence-electron chi connectivity index (χ2n) is 15.0. The third kappa shape index (κ3) is 8.05. The molecule has 0 aromatic heterocycles. The van der Waals surface area contributed by atoms with Crippen LogP contribution in [0.4, 0.5) is 24.5 Å². The van der Waals surface area contributed by atoms with Gasteiger partial charge in [0, 0.05) is 65.5 Å². The van der Waals surface area contributed by atoms with Crippen LogP contribution < -0.4 is 14.4 Å². The Balaban J connectivity index is 0.000000154. The summed E-state index contributed by atoms with van der Waals surface area (Å²) in [6.45, 7) is 6.97. The minimum Gasteiger partial charge on any atom is -0.493 e. The molecular formula is C39H48F3N4O7PS. The summed E-state index contributed by atoms with van der Waals surface area (Å²) in [7, 11) is 1.40. The molecule has 2 saturated heterocycles. The van der Waals surface area contributed by atoms with Crippen LogP contribution in [-0.2, 0) is 22.6 Å². The summed E-state index contributed by atoms with van der Waals surface area (Å²) in [6, 6.07) is 16.7. The van der Waals surface area contributed by atoms with Gasteiger partial charge in [-0.15, -0.1) is 0 Å². The highest BCUT2D eigenvalue weighted by Gasteiger charge is 2.64. The molecule has 0 radical (unpaired) electrons.